The van der Waals surface area contributed by atoms with Crippen LogP contribution in [0.1, 0.15) is 23.8 Å². The molecule has 0 saturated heterocycles. The lowest BCUT2D eigenvalue weighted by Gasteiger charge is -2.12. The Bertz CT molecular complexity index is 1110. The molecule has 132 valence electrons. The minimum absolute atomic E-state index is 0.430. The molecule has 1 aromatic carbocycles. The van der Waals surface area contributed by atoms with Crippen molar-refractivity contribution in [2.24, 2.45) is 0 Å². The molecule has 0 radical (unpaired) electrons. The van der Waals surface area contributed by atoms with Gasteiger partial charge in [-0.2, -0.15) is 0 Å². The van der Waals surface area contributed by atoms with Crippen molar-refractivity contribution in [1.82, 2.24) is 19.5 Å². The average molecular weight is 365 g/mol. The number of imidazole rings is 1. The smallest absolute Gasteiger partial charge is 0.209 e. The molecule has 2 N–H and O–H groups in total. The number of aromatic nitrogens is 4. The highest BCUT2D eigenvalue weighted by Crippen LogP contribution is 2.39. The molecule has 3 aromatic heterocycles. The van der Waals surface area contributed by atoms with Gasteiger partial charge in [0.15, 0.2) is 5.82 Å². The van der Waals surface area contributed by atoms with Gasteiger partial charge in [-0.3, -0.25) is 4.57 Å². The summed E-state index contributed by atoms with van der Waals surface area (Å²) in [6, 6.07) is 8.04. The van der Waals surface area contributed by atoms with Crippen molar-refractivity contribution in [3.8, 4) is 5.82 Å². The van der Waals surface area contributed by atoms with Crippen LogP contribution in [-0.2, 0) is 12.8 Å². The van der Waals surface area contributed by atoms with Crippen LogP contribution >= 0.6 is 11.3 Å². The van der Waals surface area contributed by atoms with Gasteiger partial charge in [-0.1, -0.05) is 12.1 Å². The molecule has 26 heavy (non-hydrogen) atoms. The van der Waals surface area contributed by atoms with Crippen molar-refractivity contribution in [2.45, 2.75) is 32.3 Å². The first-order valence-electron chi connectivity index (χ1n) is 8.87. The van der Waals surface area contributed by atoms with Crippen molar-refractivity contribution in [3.63, 3.8) is 0 Å². The van der Waals surface area contributed by atoms with Crippen LogP contribution in [0.25, 0.3) is 27.1 Å². The van der Waals surface area contributed by atoms with Crippen molar-refractivity contribution < 1.29 is 5.11 Å². The lowest BCUT2D eigenvalue weighted by molar-refractivity contribution is 0.208. The van der Waals surface area contributed by atoms with Crippen LogP contribution in [0.3, 0.4) is 0 Å². The van der Waals surface area contributed by atoms with Gasteiger partial charge in [-0.05, 0) is 43.9 Å². The van der Waals surface area contributed by atoms with Gasteiger partial charge in [-0.15, -0.1) is 11.3 Å². The predicted molar refractivity (Wildman–Crippen MR) is 104 cm³/mol. The molecular weight excluding hydrogens is 346 g/mol. The first-order chi connectivity index (χ1) is 12.7. The number of aliphatic hydroxyl groups excluding tert-OH is 1. The van der Waals surface area contributed by atoms with E-state index in [1.807, 2.05) is 18.2 Å². The molecule has 1 aliphatic rings. The summed E-state index contributed by atoms with van der Waals surface area (Å²) in [5, 5.41) is 14.1. The van der Waals surface area contributed by atoms with E-state index in [9.17, 15) is 5.11 Å². The highest BCUT2D eigenvalue weighted by molar-refractivity contribution is 7.19. The summed E-state index contributed by atoms with van der Waals surface area (Å²) >= 11 is 1.78. The lowest BCUT2D eigenvalue weighted by atomic mass is 10.2. The number of hydrogen-bond donors (Lipinski definition) is 2. The van der Waals surface area contributed by atoms with Crippen molar-refractivity contribution in [3.05, 3.63) is 41.0 Å². The van der Waals surface area contributed by atoms with Crippen LogP contribution in [0.2, 0.25) is 0 Å². The lowest BCUT2D eigenvalue weighted by Crippen LogP contribution is -2.18. The first kappa shape index (κ1) is 15.7. The maximum atomic E-state index is 9.69. The first-order valence-corrected chi connectivity index (χ1v) is 9.69. The van der Waals surface area contributed by atoms with Gasteiger partial charge in [-0.25, -0.2) is 15.0 Å². The largest absolute Gasteiger partial charge is 0.392 e. The summed E-state index contributed by atoms with van der Waals surface area (Å²) < 4.78 is 2.06. The van der Waals surface area contributed by atoms with Gasteiger partial charge in [0.05, 0.1) is 22.5 Å². The molecule has 6 nitrogen and oxygen atoms in total. The summed E-state index contributed by atoms with van der Waals surface area (Å²) in [5.74, 6) is 1.57. The summed E-state index contributed by atoms with van der Waals surface area (Å²) in [6.45, 7) is 2.19. The number of nitrogens with one attached hydrogen (secondary N) is 1. The zero-order valence-electron chi connectivity index (χ0n) is 14.4. The van der Waals surface area contributed by atoms with Crippen LogP contribution in [0, 0.1) is 0 Å². The third kappa shape index (κ3) is 2.39. The standard InChI is InChI=1S/C19H19N5OS/c1-11(25)9-20-19-23-13-6-2-3-7-14(13)24(19)17-16-12-5-4-8-15(12)26-18(16)22-10-21-17/h2-3,6-7,10-11,25H,4-5,8-9H2,1H3,(H,20,23)/t11-/m0/s1. The van der Waals surface area contributed by atoms with Crippen molar-refractivity contribution >= 4 is 38.5 Å². The molecule has 1 aliphatic carbocycles. The number of anilines is 1. The Balaban J connectivity index is 1.79. The molecule has 0 bridgehead atoms. The van der Waals surface area contributed by atoms with Crippen LogP contribution < -0.4 is 5.32 Å². The van der Waals surface area contributed by atoms with E-state index in [1.165, 1.54) is 16.9 Å². The van der Waals surface area contributed by atoms with E-state index in [0.29, 0.717) is 12.5 Å². The van der Waals surface area contributed by atoms with Crippen molar-refractivity contribution in [2.75, 3.05) is 11.9 Å². The van der Waals surface area contributed by atoms with Gasteiger partial charge in [0.25, 0.3) is 0 Å². The maximum Gasteiger partial charge on any atom is 0.209 e. The van der Waals surface area contributed by atoms with Crippen LogP contribution in [0.15, 0.2) is 30.6 Å². The summed E-state index contributed by atoms with van der Waals surface area (Å²) in [5.41, 5.74) is 3.29. The molecule has 0 fully saturated rings. The normalized spacial score (nSPS) is 14.8. The number of thiophene rings is 1. The number of aliphatic hydroxyl groups is 1. The number of para-hydroxylation sites is 2. The van der Waals surface area contributed by atoms with Gasteiger partial charge in [0.2, 0.25) is 5.95 Å². The Morgan fingerprint density at radius 1 is 1.27 bits per heavy atom. The van der Waals surface area contributed by atoms with E-state index < -0.39 is 6.10 Å². The highest BCUT2D eigenvalue weighted by Gasteiger charge is 2.24. The Hall–Kier alpha value is -2.51. The number of fused-ring (bicyclic) bond motifs is 4. The summed E-state index contributed by atoms with van der Waals surface area (Å²) in [4.78, 5) is 16.4. The molecule has 0 spiro atoms. The Morgan fingerprint density at radius 3 is 3.04 bits per heavy atom. The molecular formula is C19H19N5OS. The number of benzene rings is 1. The highest BCUT2D eigenvalue weighted by atomic mass is 32.1. The number of hydrogen-bond acceptors (Lipinski definition) is 6. The topological polar surface area (TPSA) is 75.9 Å². The molecule has 4 aromatic rings. The Morgan fingerprint density at radius 2 is 2.15 bits per heavy atom. The second-order valence-corrected chi connectivity index (χ2v) is 7.81. The van der Waals surface area contributed by atoms with E-state index >= 15 is 0 Å². The van der Waals surface area contributed by atoms with Gasteiger partial charge in [0.1, 0.15) is 11.2 Å². The molecule has 0 saturated carbocycles. The van der Waals surface area contributed by atoms with E-state index in [1.54, 1.807) is 24.6 Å². The zero-order valence-corrected chi connectivity index (χ0v) is 15.3. The number of rotatable bonds is 4. The molecule has 0 aliphatic heterocycles. The fraction of sp³-hybridized carbons (Fsp3) is 0.316. The minimum atomic E-state index is -0.459. The SMILES string of the molecule is C[C@H](O)CNc1nc2ccccc2n1-c1ncnc2sc3c(c12)CCC3. The Labute approximate surface area is 154 Å². The Kier molecular flexibility index (Phi) is 3.65. The molecule has 7 heteroatoms. The maximum absolute atomic E-state index is 9.69. The van der Waals surface area contributed by atoms with Gasteiger partial charge in [0, 0.05) is 11.4 Å². The third-order valence-electron chi connectivity index (χ3n) is 4.81. The summed E-state index contributed by atoms with van der Waals surface area (Å²) in [6.07, 6.45) is 4.59. The van der Waals surface area contributed by atoms with Crippen LogP contribution in [-0.4, -0.2) is 37.3 Å². The monoisotopic (exact) mass is 365 g/mol. The predicted octanol–water partition coefficient (Wildman–Crippen LogP) is 3.31. The fourth-order valence-corrected chi connectivity index (χ4v) is 4.90. The molecule has 0 unspecified atom stereocenters. The second-order valence-electron chi connectivity index (χ2n) is 6.72. The third-order valence-corrected chi connectivity index (χ3v) is 6.01. The summed E-state index contributed by atoms with van der Waals surface area (Å²) in [7, 11) is 0. The minimum Gasteiger partial charge on any atom is -0.392 e. The van der Waals surface area contributed by atoms with Crippen LogP contribution in [0.4, 0.5) is 5.95 Å². The van der Waals surface area contributed by atoms with Crippen LogP contribution in [0.5, 0.6) is 0 Å². The average Bonchev–Trinajstić information content (AvgIpc) is 3.31. The van der Waals surface area contributed by atoms with Gasteiger partial charge < -0.3 is 10.4 Å². The van der Waals surface area contributed by atoms with E-state index in [4.69, 9.17) is 4.98 Å². The molecule has 1 atom stereocenters. The van der Waals surface area contributed by atoms with E-state index in [2.05, 4.69) is 25.9 Å². The quantitative estimate of drug-likeness (QED) is 0.580. The second kappa shape index (κ2) is 6.03. The molecule has 0 amide bonds. The number of nitrogens with zero attached hydrogens (tertiary/aromatic N) is 4. The van der Waals surface area contributed by atoms with Gasteiger partial charge >= 0.3 is 0 Å². The van der Waals surface area contributed by atoms with Crippen molar-refractivity contribution in [1.29, 1.82) is 0 Å². The molecule has 3 heterocycles. The number of aryl methyl sites for hydroxylation is 2. The fourth-order valence-electron chi connectivity index (χ4n) is 3.68. The zero-order chi connectivity index (χ0) is 17.7. The van der Waals surface area contributed by atoms with E-state index in [-0.39, 0.29) is 0 Å². The molecule has 5 rings (SSSR count). The van der Waals surface area contributed by atoms with E-state index in [0.717, 1.165) is 39.9 Å².